The van der Waals surface area contributed by atoms with Crippen LogP contribution in [0.4, 0.5) is 0 Å². The Morgan fingerprint density at radius 3 is 2.11 bits per heavy atom. The highest BCUT2D eigenvalue weighted by Gasteiger charge is 2.65. The van der Waals surface area contributed by atoms with Gasteiger partial charge in [0.1, 0.15) is 12.6 Å². The first kappa shape index (κ1) is 19.4. The van der Waals surface area contributed by atoms with E-state index in [1.54, 1.807) is 0 Å². The molecule has 0 bridgehead atoms. The summed E-state index contributed by atoms with van der Waals surface area (Å²) in [5.74, 6) is 1.89. The van der Waals surface area contributed by atoms with Gasteiger partial charge in [-0.25, -0.2) is 0 Å². The van der Waals surface area contributed by atoms with E-state index < -0.39 is 0 Å². The minimum atomic E-state index is -0.208. The maximum Gasteiger partial charge on any atom is 0.146 e. The zero-order chi connectivity index (χ0) is 19.7. The summed E-state index contributed by atoms with van der Waals surface area (Å²) in [5, 5.41) is 0. The molecule has 0 amide bonds. The first-order valence-electron chi connectivity index (χ1n) is 11.2. The number of fused-ring (bicyclic) bond motifs is 5. The first-order valence-corrected chi connectivity index (χ1v) is 11.2. The van der Waals surface area contributed by atoms with Crippen LogP contribution in [0.1, 0.15) is 86.0 Å². The quantitative estimate of drug-likeness (QED) is 0.559. The van der Waals surface area contributed by atoms with E-state index in [1.807, 2.05) is 0 Å². The molecule has 0 spiro atoms. The zero-order valence-electron chi connectivity index (χ0n) is 18.0. The lowest BCUT2D eigenvalue weighted by Crippen LogP contribution is -2.62. The van der Waals surface area contributed by atoms with E-state index in [4.69, 9.17) is 0 Å². The molecule has 0 saturated heterocycles. The molecule has 0 radical (unpaired) electrons. The molecule has 0 aromatic rings. The van der Waals surface area contributed by atoms with Gasteiger partial charge >= 0.3 is 0 Å². The maximum absolute atomic E-state index is 12.0. The van der Waals surface area contributed by atoms with Crippen molar-refractivity contribution in [2.24, 2.45) is 45.3 Å². The number of allylic oxidation sites excluding steroid dienone is 2. The number of hydrogen-bond acceptors (Lipinski definition) is 2. The normalized spacial score (nSPS) is 51.2. The molecule has 4 aliphatic carbocycles. The summed E-state index contributed by atoms with van der Waals surface area (Å²) in [6, 6.07) is 0. The van der Waals surface area contributed by atoms with E-state index in [9.17, 15) is 9.59 Å². The van der Waals surface area contributed by atoms with E-state index in [0.717, 1.165) is 42.8 Å². The molecule has 27 heavy (non-hydrogen) atoms. The maximum atomic E-state index is 12.0. The largest absolute Gasteiger partial charge is 0.303 e. The lowest BCUT2D eigenvalue weighted by Gasteiger charge is -2.69. The summed E-state index contributed by atoms with van der Waals surface area (Å²) in [4.78, 5) is 23.6. The summed E-state index contributed by atoms with van der Waals surface area (Å²) in [6.45, 7) is 12.5. The van der Waals surface area contributed by atoms with Gasteiger partial charge in [0.05, 0.1) is 0 Å². The second-order valence-corrected chi connectivity index (χ2v) is 11.8. The van der Waals surface area contributed by atoms with E-state index in [2.05, 4.69) is 40.7 Å². The van der Waals surface area contributed by atoms with Crippen molar-refractivity contribution < 1.29 is 9.59 Å². The van der Waals surface area contributed by atoms with Crippen LogP contribution in [-0.2, 0) is 9.59 Å². The van der Waals surface area contributed by atoms with E-state index >= 15 is 0 Å². The van der Waals surface area contributed by atoms with Gasteiger partial charge in [0.2, 0.25) is 0 Å². The highest BCUT2D eigenvalue weighted by atomic mass is 16.1. The lowest BCUT2D eigenvalue weighted by molar-refractivity contribution is -0.198. The molecule has 7 atom stereocenters. The zero-order valence-corrected chi connectivity index (χ0v) is 18.0. The van der Waals surface area contributed by atoms with Gasteiger partial charge in [0.25, 0.3) is 0 Å². The summed E-state index contributed by atoms with van der Waals surface area (Å²) in [7, 11) is 0. The van der Waals surface area contributed by atoms with Crippen LogP contribution in [0.25, 0.3) is 0 Å². The average Bonchev–Trinajstić information content (AvgIpc) is 2.59. The number of carbonyl (C=O) groups excluding carboxylic acids is 2. The Morgan fingerprint density at radius 1 is 0.815 bits per heavy atom. The van der Waals surface area contributed by atoms with Gasteiger partial charge in [-0.15, -0.1) is 0 Å². The van der Waals surface area contributed by atoms with Crippen molar-refractivity contribution in [3.8, 4) is 0 Å². The predicted octanol–water partition coefficient (Wildman–Crippen LogP) is 6.00. The SMILES string of the molecule is CC1(C)CCC[C@@]2(C)[C@@H]3CC[C@]4(C)[C@H](CC=C(C=O)[C@H]4C=O)[C@@]3(C)CC[C@H]12. The monoisotopic (exact) mass is 370 g/mol. The van der Waals surface area contributed by atoms with E-state index in [1.165, 1.54) is 38.5 Å². The topological polar surface area (TPSA) is 34.1 Å². The van der Waals surface area contributed by atoms with Gasteiger partial charge in [0, 0.05) is 5.92 Å². The second kappa shape index (κ2) is 6.04. The molecule has 150 valence electrons. The molecule has 3 fully saturated rings. The van der Waals surface area contributed by atoms with Crippen molar-refractivity contribution in [2.75, 3.05) is 0 Å². The minimum absolute atomic E-state index is 0.0502. The second-order valence-electron chi connectivity index (χ2n) is 11.8. The Morgan fingerprint density at radius 2 is 1.44 bits per heavy atom. The van der Waals surface area contributed by atoms with Gasteiger partial charge in [-0.05, 0) is 89.9 Å². The van der Waals surface area contributed by atoms with Crippen LogP contribution in [0, 0.1) is 45.3 Å². The van der Waals surface area contributed by atoms with Crippen molar-refractivity contribution >= 4 is 12.6 Å². The summed E-state index contributed by atoms with van der Waals surface area (Å²) in [6.07, 6.45) is 14.1. The van der Waals surface area contributed by atoms with Crippen LogP contribution in [-0.4, -0.2) is 12.6 Å². The van der Waals surface area contributed by atoms with Crippen molar-refractivity contribution in [1.82, 2.24) is 0 Å². The predicted molar refractivity (Wildman–Crippen MR) is 109 cm³/mol. The third-order valence-electron chi connectivity index (χ3n) is 10.3. The van der Waals surface area contributed by atoms with Crippen LogP contribution in [0.3, 0.4) is 0 Å². The highest BCUT2D eigenvalue weighted by molar-refractivity contribution is 5.82. The molecule has 3 saturated carbocycles. The van der Waals surface area contributed by atoms with Gasteiger partial charge in [-0.3, -0.25) is 4.79 Å². The average molecular weight is 371 g/mol. The molecule has 0 aliphatic heterocycles. The molecule has 2 nitrogen and oxygen atoms in total. The third-order valence-corrected chi connectivity index (χ3v) is 10.3. The molecule has 0 unspecified atom stereocenters. The Bertz CT molecular complexity index is 676. The molecule has 4 rings (SSSR count). The van der Waals surface area contributed by atoms with Crippen LogP contribution < -0.4 is 0 Å². The van der Waals surface area contributed by atoms with E-state index in [-0.39, 0.29) is 16.7 Å². The fourth-order valence-electron chi connectivity index (χ4n) is 9.17. The first-order chi connectivity index (χ1) is 12.6. The minimum Gasteiger partial charge on any atom is -0.303 e. The Kier molecular flexibility index (Phi) is 4.34. The Hall–Kier alpha value is -0.920. The number of carbonyl (C=O) groups is 2. The van der Waals surface area contributed by atoms with Crippen LogP contribution in [0.5, 0.6) is 0 Å². The van der Waals surface area contributed by atoms with Crippen LogP contribution in [0.15, 0.2) is 11.6 Å². The van der Waals surface area contributed by atoms with Crippen LogP contribution in [0.2, 0.25) is 0 Å². The molecule has 0 aromatic carbocycles. The summed E-state index contributed by atoms with van der Waals surface area (Å²) >= 11 is 0. The molecule has 0 N–H and O–H groups in total. The standard InChI is InChI=1S/C25H38O2/c1-22(2)11-6-12-24(4)19(22)9-14-25(5)20-8-7-17(15-26)18(16-27)23(20,3)13-10-21(24)25/h7,15-16,18-21H,6,8-14H2,1-5H3/t18-,19-,20+,21+,23+,24-,25-/m1/s1. The van der Waals surface area contributed by atoms with Crippen molar-refractivity contribution in [2.45, 2.75) is 86.0 Å². The molecule has 4 aliphatic rings. The molecular weight excluding hydrogens is 332 g/mol. The van der Waals surface area contributed by atoms with Crippen molar-refractivity contribution in [1.29, 1.82) is 0 Å². The molecule has 0 heterocycles. The van der Waals surface area contributed by atoms with Gasteiger partial charge in [-0.2, -0.15) is 0 Å². The smallest absolute Gasteiger partial charge is 0.146 e. The fraction of sp³-hybridized carbons (Fsp3) is 0.840. The van der Waals surface area contributed by atoms with Crippen molar-refractivity contribution in [3.63, 3.8) is 0 Å². The van der Waals surface area contributed by atoms with Gasteiger partial charge < -0.3 is 4.79 Å². The molecular formula is C25H38O2. The number of hydrogen-bond donors (Lipinski definition) is 0. The fourth-order valence-corrected chi connectivity index (χ4v) is 9.17. The number of rotatable bonds is 2. The molecule has 0 aromatic heterocycles. The van der Waals surface area contributed by atoms with Gasteiger partial charge in [0.15, 0.2) is 0 Å². The summed E-state index contributed by atoms with van der Waals surface area (Å²) in [5.41, 5.74) is 1.87. The highest BCUT2D eigenvalue weighted by Crippen LogP contribution is 2.72. The van der Waals surface area contributed by atoms with Gasteiger partial charge in [-0.1, -0.05) is 47.1 Å². The van der Waals surface area contributed by atoms with E-state index in [0.29, 0.717) is 16.7 Å². The number of aldehydes is 2. The Balaban J connectivity index is 1.76. The summed E-state index contributed by atoms with van der Waals surface area (Å²) < 4.78 is 0. The third kappa shape index (κ3) is 2.43. The van der Waals surface area contributed by atoms with Crippen molar-refractivity contribution in [3.05, 3.63) is 11.6 Å². The Labute approximate surface area is 165 Å². The lowest BCUT2D eigenvalue weighted by atomic mass is 9.35. The molecule has 2 heteroatoms. The van der Waals surface area contributed by atoms with Crippen LogP contribution >= 0.6 is 0 Å².